The maximum Gasteiger partial charge on any atom is 0.196 e. The lowest BCUT2D eigenvalue weighted by atomic mass is 10.2. The van der Waals surface area contributed by atoms with Crippen LogP contribution in [0.2, 0.25) is 0 Å². The summed E-state index contributed by atoms with van der Waals surface area (Å²) in [4.78, 5) is 8.64. The number of rotatable bonds is 2. The number of aryl methyl sites for hydroxylation is 1. The highest BCUT2D eigenvalue weighted by molar-refractivity contribution is 7.12. The van der Waals surface area contributed by atoms with Gasteiger partial charge in [-0.05, 0) is 37.3 Å². The number of benzene rings is 1. The van der Waals surface area contributed by atoms with Gasteiger partial charge < -0.3 is 10.6 Å². The third kappa shape index (κ3) is 2.21. The first-order chi connectivity index (χ1) is 9.15. The first kappa shape index (κ1) is 12.2. The van der Waals surface area contributed by atoms with Gasteiger partial charge in [0.1, 0.15) is 5.82 Å². The van der Waals surface area contributed by atoms with E-state index in [0.29, 0.717) is 12.5 Å². The fourth-order valence-corrected chi connectivity index (χ4v) is 3.25. The van der Waals surface area contributed by atoms with Crippen LogP contribution in [0.15, 0.2) is 41.4 Å². The number of hydrogen-bond donors (Lipinski definition) is 1. The molecule has 3 nitrogen and oxygen atoms in total. The quantitative estimate of drug-likeness (QED) is 0.915. The highest BCUT2D eigenvalue weighted by Crippen LogP contribution is 2.34. The maximum absolute atomic E-state index is 13.4. The van der Waals surface area contributed by atoms with Gasteiger partial charge in [0.05, 0.1) is 12.6 Å². The summed E-state index contributed by atoms with van der Waals surface area (Å²) in [6.07, 6.45) is 0. The molecule has 0 fully saturated rings. The number of nitrogens with two attached hydrogens (primary N) is 1. The van der Waals surface area contributed by atoms with Crippen LogP contribution in [-0.4, -0.2) is 12.5 Å². The molecule has 5 heteroatoms. The summed E-state index contributed by atoms with van der Waals surface area (Å²) < 4.78 is 13.4. The zero-order valence-electron chi connectivity index (χ0n) is 10.5. The molecule has 0 saturated carbocycles. The molecular weight excluding hydrogens is 261 g/mol. The monoisotopic (exact) mass is 275 g/mol. The van der Waals surface area contributed by atoms with Crippen molar-refractivity contribution < 1.29 is 4.39 Å². The van der Waals surface area contributed by atoms with Crippen LogP contribution in [0, 0.1) is 12.7 Å². The molecule has 0 radical (unpaired) electrons. The Bertz CT molecular complexity index is 635. The average Bonchev–Trinajstić information content (AvgIpc) is 2.95. The second-order valence-electron chi connectivity index (χ2n) is 4.51. The second-order valence-corrected chi connectivity index (χ2v) is 5.83. The Morgan fingerprint density at radius 2 is 2.21 bits per heavy atom. The number of aliphatic imine (C=N–C) groups is 1. The molecular formula is C14H14FN3S. The minimum atomic E-state index is -0.265. The van der Waals surface area contributed by atoms with Crippen molar-refractivity contribution in [2.24, 2.45) is 10.7 Å². The first-order valence-electron chi connectivity index (χ1n) is 6.06. The van der Waals surface area contributed by atoms with E-state index in [1.165, 1.54) is 21.9 Å². The van der Waals surface area contributed by atoms with Crippen LogP contribution in [0.4, 0.5) is 10.1 Å². The van der Waals surface area contributed by atoms with Crippen LogP contribution in [0.3, 0.4) is 0 Å². The highest BCUT2D eigenvalue weighted by Gasteiger charge is 2.29. The smallest absolute Gasteiger partial charge is 0.196 e. The van der Waals surface area contributed by atoms with E-state index in [1.54, 1.807) is 17.4 Å². The molecule has 1 aliphatic rings. The number of anilines is 1. The van der Waals surface area contributed by atoms with E-state index in [-0.39, 0.29) is 11.9 Å². The topological polar surface area (TPSA) is 41.6 Å². The van der Waals surface area contributed by atoms with Gasteiger partial charge in [-0.1, -0.05) is 6.07 Å². The van der Waals surface area contributed by atoms with Gasteiger partial charge in [0.2, 0.25) is 0 Å². The average molecular weight is 275 g/mol. The maximum atomic E-state index is 13.4. The van der Waals surface area contributed by atoms with E-state index in [2.05, 4.69) is 24.0 Å². The Hall–Kier alpha value is -1.88. The fourth-order valence-electron chi connectivity index (χ4n) is 2.29. The van der Waals surface area contributed by atoms with Crippen molar-refractivity contribution in [3.63, 3.8) is 0 Å². The summed E-state index contributed by atoms with van der Waals surface area (Å²) in [7, 11) is 0. The molecule has 2 heterocycles. The Morgan fingerprint density at radius 3 is 2.89 bits per heavy atom. The molecule has 1 aliphatic heterocycles. The summed E-state index contributed by atoms with van der Waals surface area (Å²) in [5.74, 6) is 0.181. The molecule has 1 aromatic carbocycles. The normalized spacial score (nSPS) is 18.7. The van der Waals surface area contributed by atoms with Crippen LogP contribution < -0.4 is 10.6 Å². The Morgan fingerprint density at radius 1 is 1.37 bits per heavy atom. The standard InChI is InChI=1S/C14H14FN3S/c1-9-5-6-13(19-9)12-8-17-14(16)18(12)11-4-2-3-10(15)7-11/h2-7,12H,8H2,1H3,(H2,16,17). The van der Waals surface area contributed by atoms with Crippen molar-refractivity contribution in [1.29, 1.82) is 0 Å². The van der Waals surface area contributed by atoms with Crippen molar-refractivity contribution in [2.45, 2.75) is 13.0 Å². The molecule has 3 rings (SSSR count). The van der Waals surface area contributed by atoms with E-state index < -0.39 is 0 Å². The van der Waals surface area contributed by atoms with Crippen molar-refractivity contribution in [3.05, 3.63) is 52.0 Å². The Balaban J connectivity index is 1.99. The number of hydrogen-bond acceptors (Lipinski definition) is 4. The van der Waals surface area contributed by atoms with E-state index in [4.69, 9.17) is 5.73 Å². The van der Waals surface area contributed by atoms with Gasteiger partial charge >= 0.3 is 0 Å². The molecule has 0 saturated heterocycles. The van der Waals surface area contributed by atoms with E-state index in [1.807, 2.05) is 11.0 Å². The van der Waals surface area contributed by atoms with Crippen molar-refractivity contribution in [1.82, 2.24) is 0 Å². The Kier molecular flexibility index (Phi) is 2.98. The molecule has 0 spiro atoms. The lowest BCUT2D eigenvalue weighted by Crippen LogP contribution is -2.35. The van der Waals surface area contributed by atoms with Gasteiger partial charge in [-0.25, -0.2) is 4.39 Å². The highest BCUT2D eigenvalue weighted by atomic mass is 32.1. The number of guanidine groups is 1. The van der Waals surface area contributed by atoms with E-state index in [9.17, 15) is 4.39 Å². The lowest BCUT2D eigenvalue weighted by Gasteiger charge is -2.25. The summed E-state index contributed by atoms with van der Waals surface area (Å²) in [5, 5.41) is 0. The van der Waals surface area contributed by atoms with Crippen LogP contribution >= 0.6 is 11.3 Å². The zero-order valence-corrected chi connectivity index (χ0v) is 11.3. The molecule has 2 N–H and O–H groups in total. The minimum absolute atomic E-state index is 0.0699. The van der Waals surface area contributed by atoms with Crippen LogP contribution in [-0.2, 0) is 0 Å². The lowest BCUT2D eigenvalue weighted by molar-refractivity contribution is 0.627. The molecule has 0 amide bonds. The molecule has 1 unspecified atom stereocenters. The summed E-state index contributed by atoms with van der Waals surface area (Å²) in [5.41, 5.74) is 6.70. The van der Waals surface area contributed by atoms with Crippen molar-refractivity contribution in [3.8, 4) is 0 Å². The van der Waals surface area contributed by atoms with Gasteiger partial charge in [-0.2, -0.15) is 0 Å². The summed E-state index contributed by atoms with van der Waals surface area (Å²) in [6.45, 7) is 2.68. The molecule has 19 heavy (non-hydrogen) atoms. The van der Waals surface area contributed by atoms with E-state index >= 15 is 0 Å². The predicted molar refractivity (Wildman–Crippen MR) is 77.2 cm³/mol. The molecule has 1 atom stereocenters. The third-order valence-electron chi connectivity index (χ3n) is 3.16. The molecule has 2 aromatic rings. The van der Waals surface area contributed by atoms with Gasteiger partial charge in [-0.15, -0.1) is 11.3 Å². The molecule has 98 valence electrons. The van der Waals surface area contributed by atoms with Gasteiger partial charge in [0.15, 0.2) is 5.96 Å². The van der Waals surface area contributed by atoms with Crippen LogP contribution in [0.5, 0.6) is 0 Å². The Labute approximate surface area is 115 Å². The first-order valence-corrected chi connectivity index (χ1v) is 6.88. The summed E-state index contributed by atoms with van der Waals surface area (Å²) >= 11 is 1.73. The second kappa shape index (κ2) is 4.66. The van der Waals surface area contributed by atoms with Crippen LogP contribution in [0.1, 0.15) is 15.8 Å². The van der Waals surface area contributed by atoms with Crippen LogP contribution in [0.25, 0.3) is 0 Å². The molecule has 0 bridgehead atoms. The van der Waals surface area contributed by atoms with Gasteiger partial charge in [0.25, 0.3) is 0 Å². The molecule has 0 aliphatic carbocycles. The third-order valence-corrected chi connectivity index (χ3v) is 4.26. The van der Waals surface area contributed by atoms with E-state index in [0.717, 1.165) is 5.69 Å². The number of nitrogens with zero attached hydrogens (tertiary/aromatic N) is 2. The SMILES string of the molecule is Cc1ccc(C2CN=C(N)N2c2cccc(F)c2)s1. The largest absolute Gasteiger partial charge is 0.369 e. The fraction of sp³-hybridized carbons (Fsp3) is 0.214. The number of thiophene rings is 1. The van der Waals surface area contributed by atoms with Crippen molar-refractivity contribution >= 4 is 23.0 Å². The van der Waals surface area contributed by atoms with Gasteiger partial charge in [0, 0.05) is 15.4 Å². The van der Waals surface area contributed by atoms with Crippen molar-refractivity contribution in [2.75, 3.05) is 11.4 Å². The predicted octanol–water partition coefficient (Wildman–Crippen LogP) is 3.07. The molecule has 1 aromatic heterocycles. The van der Waals surface area contributed by atoms with Gasteiger partial charge in [-0.3, -0.25) is 4.99 Å². The minimum Gasteiger partial charge on any atom is -0.369 e. The summed E-state index contributed by atoms with van der Waals surface area (Å²) in [6, 6.07) is 10.7. The number of halogens is 1. The zero-order chi connectivity index (χ0) is 13.4.